The van der Waals surface area contributed by atoms with E-state index in [1.165, 1.54) is 18.4 Å². The number of nitrogens with one attached hydrogen (secondary N) is 1. The number of aliphatic imine (C=N–C) groups is 1. The molecule has 1 aromatic carbocycles. The van der Waals surface area contributed by atoms with Crippen LogP contribution in [0.1, 0.15) is 44.6 Å². The van der Waals surface area contributed by atoms with Crippen LogP contribution in [0, 0.1) is 6.92 Å². The molecular weight excluding hydrogens is 366 g/mol. The van der Waals surface area contributed by atoms with E-state index >= 15 is 0 Å². The Hall–Kier alpha value is -1.79. The zero-order chi connectivity index (χ0) is 20.3. The van der Waals surface area contributed by atoms with Crippen LogP contribution in [0.5, 0.6) is 5.75 Å². The third-order valence-electron chi connectivity index (χ3n) is 5.51. The molecule has 1 N–H and O–H groups in total. The van der Waals surface area contributed by atoms with Gasteiger partial charge in [0, 0.05) is 26.2 Å². The molecule has 0 amide bonds. The van der Waals surface area contributed by atoms with Crippen LogP contribution in [0.15, 0.2) is 29.3 Å². The van der Waals surface area contributed by atoms with Crippen LogP contribution in [-0.4, -0.2) is 69.1 Å². The van der Waals surface area contributed by atoms with Gasteiger partial charge in [0.2, 0.25) is 0 Å². The number of guanidine groups is 1. The number of nitrogens with zero attached hydrogens (tertiary/aromatic N) is 2. The quantitative estimate of drug-likeness (QED) is 0.410. The average Bonchev–Trinajstić information content (AvgIpc) is 2.77. The standard InChI is InChI=1S/C23H37N3O3/c1-3-24-23(25-13-17-28-20-9-7-19(2)8-10-20)26-14-11-21(12-15-26)29-18-22-6-4-5-16-27-22/h7-10,21-22H,3-6,11-18H2,1-2H3,(H,24,25). The maximum Gasteiger partial charge on any atom is 0.194 e. The number of aryl methyl sites for hydroxylation is 1. The lowest BCUT2D eigenvalue weighted by molar-refractivity contribution is -0.0721. The van der Waals surface area contributed by atoms with Crippen molar-refractivity contribution in [2.45, 2.75) is 58.2 Å². The third-order valence-corrected chi connectivity index (χ3v) is 5.51. The van der Waals surface area contributed by atoms with E-state index in [2.05, 4.69) is 36.2 Å². The molecule has 29 heavy (non-hydrogen) atoms. The number of benzene rings is 1. The zero-order valence-corrected chi connectivity index (χ0v) is 18.1. The number of hydrogen-bond acceptors (Lipinski definition) is 4. The molecule has 0 aromatic heterocycles. The van der Waals surface area contributed by atoms with Gasteiger partial charge in [-0.3, -0.25) is 0 Å². The number of likely N-dealkylation sites (tertiary alicyclic amines) is 1. The lowest BCUT2D eigenvalue weighted by atomic mass is 10.1. The maximum atomic E-state index is 6.13. The molecule has 6 heteroatoms. The molecule has 2 aliphatic rings. The number of hydrogen-bond donors (Lipinski definition) is 1. The average molecular weight is 404 g/mol. The maximum absolute atomic E-state index is 6.13. The molecule has 2 heterocycles. The highest BCUT2D eigenvalue weighted by molar-refractivity contribution is 5.80. The summed E-state index contributed by atoms with van der Waals surface area (Å²) in [4.78, 5) is 7.10. The fourth-order valence-electron chi connectivity index (χ4n) is 3.79. The highest BCUT2D eigenvalue weighted by atomic mass is 16.5. The predicted molar refractivity (Wildman–Crippen MR) is 117 cm³/mol. The molecule has 1 aromatic rings. The van der Waals surface area contributed by atoms with Crippen molar-refractivity contribution in [1.82, 2.24) is 10.2 Å². The highest BCUT2D eigenvalue weighted by Gasteiger charge is 2.23. The Morgan fingerprint density at radius 3 is 2.66 bits per heavy atom. The van der Waals surface area contributed by atoms with Crippen molar-refractivity contribution >= 4 is 5.96 Å². The second kappa shape index (κ2) is 12.0. The van der Waals surface area contributed by atoms with Crippen LogP contribution in [-0.2, 0) is 9.47 Å². The van der Waals surface area contributed by atoms with Crippen LogP contribution in [0.25, 0.3) is 0 Å². The minimum Gasteiger partial charge on any atom is -0.492 e. The van der Waals surface area contributed by atoms with E-state index in [-0.39, 0.29) is 0 Å². The molecule has 0 spiro atoms. The molecule has 0 aliphatic carbocycles. The van der Waals surface area contributed by atoms with Gasteiger partial charge in [0.05, 0.1) is 25.4 Å². The molecule has 6 nitrogen and oxygen atoms in total. The van der Waals surface area contributed by atoms with Gasteiger partial charge in [-0.2, -0.15) is 0 Å². The summed E-state index contributed by atoms with van der Waals surface area (Å²) in [5, 5.41) is 3.42. The summed E-state index contributed by atoms with van der Waals surface area (Å²) in [5.41, 5.74) is 1.24. The van der Waals surface area contributed by atoms with Crippen molar-refractivity contribution in [3.63, 3.8) is 0 Å². The molecule has 162 valence electrons. The Labute approximate surface area is 175 Å². The predicted octanol–water partition coefficient (Wildman–Crippen LogP) is 3.39. The number of piperidine rings is 1. The first-order valence-corrected chi connectivity index (χ1v) is 11.2. The van der Waals surface area contributed by atoms with E-state index in [4.69, 9.17) is 19.2 Å². The van der Waals surface area contributed by atoms with Gasteiger partial charge in [-0.1, -0.05) is 17.7 Å². The summed E-state index contributed by atoms with van der Waals surface area (Å²) in [7, 11) is 0. The largest absolute Gasteiger partial charge is 0.492 e. The van der Waals surface area contributed by atoms with Crippen molar-refractivity contribution in [3.8, 4) is 5.75 Å². The van der Waals surface area contributed by atoms with Crippen LogP contribution >= 0.6 is 0 Å². The topological polar surface area (TPSA) is 55.3 Å². The van der Waals surface area contributed by atoms with Crippen molar-refractivity contribution in [2.24, 2.45) is 4.99 Å². The first kappa shape index (κ1) is 21.9. The molecule has 3 rings (SSSR count). The highest BCUT2D eigenvalue weighted by Crippen LogP contribution is 2.18. The van der Waals surface area contributed by atoms with E-state index in [1.54, 1.807) is 0 Å². The first-order valence-electron chi connectivity index (χ1n) is 11.2. The Morgan fingerprint density at radius 1 is 1.17 bits per heavy atom. The van der Waals surface area contributed by atoms with E-state index in [1.807, 2.05) is 12.1 Å². The molecule has 0 bridgehead atoms. The van der Waals surface area contributed by atoms with Gasteiger partial charge in [-0.15, -0.1) is 0 Å². The molecule has 1 atom stereocenters. The minimum atomic E-state index is 0.300. The minimum absolute atomic E-state index is 0.300. The van der Waals surface area contributed by atoms with E-state index < -0.39 is 0 Å². The number of ether oxygens (including phenoxy) is 3. The Bertz CT molecular complexity index is 606. The van der Waals surface area contributed by atoms with Gasteiger partial charge < -0.3 is 24.4 Å². The lowest BCUT2D eigenvalue weighted by Gasteiger charge is -2.35. The summed E-state index contributed by atoms with van der Waals surface area (Å²) in [5.74, 6) is 1.88. The second-order valence-electron chi connectivity index (χ2n) is 7.91. The van der Waals surface area contributed by atoms with Gasteiger partial charge in [-0.25, -0.2) is 4.99 Å². The smallest absolute Gasteiger partial charge is 0.194 e. The fraction of sp³-hybridized carbons (Fsp3) is 0.696. The third kappa shape index (κ3) is 7.52. The normalized spacial score (nSPS) is 21.2. The van der Waals surface area contributed by atoms with Crippen molar-refractivity contribution in [2.75, 3.05) is 46.0 Å². The molecule has 2 fully saturated rings. The second-order valence-corrected chi connectivity index (χ2v) is 7.91. The van der Waals surface area contributed by atoms with Crippen molar-refractivity contribution < 1.29 is 14.2 Å². The van der Waals surface area contributed by atoms with Crippen molar-refractivity contribution in [1.29, 1.82) is 0 Å². The van der Waals surface area contributed by atoms with E-state index in [0.717, 1.165) is 63.8 Å². The zero-order valence-electron chi connectivity index (χ0n) is 18.1. The van der Waals surface area contributed by atoms with Gasteiger partial charge in [0.15, 0.2) is 5.96 Å². The molecule has 0 radical (unpaired) electrons. The van der Waals surface area contributed by atoms with E-state index in [9.17, 15) is 0 Å². The molecular formula is C23H37N3O3. The Balaban J connectivity index is 1.38. The Morgan fingerprint density at radius 2 is 1.97 bits per heavy atom. The summed E-state index contributed by atoms with van der Waals surface area (Å²) in [6.07, 6.45) is 6.31. The fourth-order valence-corrected chi connectivity index (χ4v) is 3.79. The first-order chi connectivity index (χ1) is 14.2. The van der Waals surface area contributed by atoms with Crippen LogP contribution in [0.4, 0.5) is 0 Å². The van der Waals surface area contributed by atoms with Gasteiger partial charge >= 0.3 is 0 Å². The summed E-state index contributed by atoms with van der Waals surface area (Å²) in [6, 6.07) is 8.14. The van der Waals surface area contributed by atoms with Gasteiger partial charge in [-0.05, 0) is 58.1 Å². The van der Waals surface area contributed by atoms with Crippen LogP contribution in [0.3, 0.4) is 0 Å². The van der Waals surface area contributed by atoms with E-state index in [0.29, 0.717) is 25.4 Å². The lowest BCUT2D eigenvalue weighted by Crippen LogP contribution is -2.47. The molecule has 2 aliphatic heterocycles. The Kier molecular flexibility index (Phi) is 9.09. The summed E-state index contributed by atoms with van der Waals surface area (Å²) in [6.45, 7) is 9.87. The summed E-state index contributed by atoms with van der Waals surface area (Å²) < 4.78 is 17.7. The SMILES string of the molecule is CCNC(=NCCOc1ccc(C)cc1)N1CCC(OCC2CCCCO2)CC1. The number of rotatable bonds is 8. The van der Waals surface area contributed by atoms with Gasteiger partial charge in [0.1, 0.15) is 12.4 Å². The van der Waals surface area contributed by atoms with Crippen molar-refractivity contribution in [3.05, 3.63) is 29.8 Å². The van der Waals surface area contributed by atoms with Crippen LogP contribution < -0.4 is 10.1 Å². The summed E-state index contributed by atoms with van der Waals surface area (Å²) >= 11 is 0. The molecule has 0 saturated carbocycles. The molecule has 1 unspecified atom stereocenters. The monoisotopic (exact) mass is 403 g/mol. The van der Waals surface area contributed by atoms with Crippen LogP contribution in [0.2, 0.25) is 0 Å². The molecule has 2 saturated heterocycles. The van der Waals surface area contributed by atoms with Gasteiger partial charge in [0.25, 0.3) is 0 Å².